The van der Waals surface area contributed by atoms with E-state index in [4.69, 9.17) is 15.6 Å². The standard InChI is InChI=1S/C18H20N4O.C12H16N2O.C2H6O/c1-4-12-9-13(11-14(10-12)23-3)20-18-17(19-2)21-15-7-5-6-8-16(15)22-18;1-9-4-2-5-10(8-9)14-11(15)12(13)6-3-7-12;1-2-3/h5-11H,4H2,1-3H3,(H,19,21)(H,20,22);2,4-5,8H,3,6-7,13H2,1H3,(H,14,15);3H,2H2,1H3. The molecule has 9 nitrogen and oxygen atoms in total. The SMILES string of the molecule is CCO.CCc1cc(Nc2nc3ccccc3nc2NC)cc(OC)c1.Cc1cccc(NC(=O)C2(N)CCC2)c1. The highest BCUT2D eigenvalue weighted by atomic mass is 16.5. The number of aromatic nitrogens is 2. The molecule has 1 amide bonds. The Morgan fingerprint density at radius 1 is 0.976 bits per heavy atom. The second-order valence-corrected chi connectivity index (χ2v) is 9.86. The van der Waals surface area contributed by atoms with Gasteiger partial charge in [0.25, 0.3) is 0 Å². The first-order chi connectivity index (χ1) is 19.7. The Bertz CT molecular complexity index is 1420. The average molecular weight is 559 g/mol. The molecule has 1 aliphatic rings. The summed E-state index contributed by atoms with van der Waals surface area (Å²) in [7, 11) is 3.51. The molecule has 3 aromatic carbocycles. The number of para-hydroxylation sites is 2. The van der Waals surface area contributed by atoms with E-state index in [2.05, 4.69) is 38.9 Å². The molecule has 0 unspecified atom stereocenters. The molecule has 9 heteroatoms. The first-order valence-electron chi connectivity index (χ1n) is 13.9. The summed E-state index contributed by atoms with van der Waals surface area (Å²) in [6.45, 7) is 6.05. The molecule has 0 aliphatic heterocycles. The number of methoxy groups -OCH3 is 1. The number of carbonyl (C=O) groups excluding carboxylic acids is 1. The maximum absolute atomic E-state index is 11.8. The van der Waals surface area contributed by atoms with Crippen molar-refractivity contribution in [1.29, 1.82) is 0 Å². The molecule has 5 rings (SSSR count). The van der Waals surface area contributed by atoms with Crippen molar-refractivity contribution in [2.75, 3.05) is 36.7 Å². The molecular weight excluding hydrogens is 516 g/mol. The second kappa shape index (κ2) is 15.0. The number of aliphatic hydroxyl groups excluding tert-OH is 1. The van der Waals surface area contributed by atoms with Gasteiger partial charge in [0, 0.05) is 31.1 Å². The monoisotopic (exact) mass is 558 g/mol. The van der Waals surface area contributed by atoms with Crippen molar-refractivity contribution in [3.63, 3.8) is 0 Å². The van der Waals surface area contributed by atoms with Crippen LogP contribution in [0.3, 0.4) is 0 Å². The first-order valence-corrected chi connectivity index (χ1v) is 13.9. The quantitative estimate of drug-likeness (QED) is 0.192. The molecule has 4 aromatic rings. The predicted molar refractivity (Wildman–Crippen MR) is 168 cm³/mol. The van der Waals surface area contributed by atoms with Gasteiger partial charge in [-0.05, 0) is 87.1 Å². The highest BCUT2D eigenvalue weighted by Gasteiger charge is 2.40. The van der Waals surface area contributed by atoms with Crippen molar-refractivity contribution in [2.24, 2.45) is 5.73 Å². The summed E-state index contributed by atoms with van der Waals surface area (Å²) in [5.74, 6) is 2.18. The molecule has 41 heavy (non-hydrogen) atoms. The Hall–Kier alpha value is -4.21. The molecule has 0 spiro atoms. The zero-order valence-electron chi connectivity index (χ0n) is 24.6. The number of anilines is 4. The lowest BCUT2D eigenvalue weighted by molar-refractivity contribution is -0.123. The third-order valence-electron chi connectivity index (χ3n) is 6.65. The Kier molecular flexibility index (Phi) is 11.4. The van der Waals surface area contributed by atoms with E-state index in [1.54, 1.807) is 14.0 Å². The van der Waals surface area contributed by atoms with E-state index in [1.807, 2.05) is 74.6 Å². The van der Waals surface area contributed by atoms with Gasteiger partial charge in [-0.2, -0.15) is 0 Å². The Balaban J connectivity index is 0.000000221. The second-order valence-electron chi connectivity index (χ2n) is 9.86. The Morgan fingerprint density at radius 2 is 1.63 bits per heavy atom. The molecule has 0 radical (unpaired) electrons. The molecule has 1 aliphatic carbocycles. The fourth-order valence-corrected chi connectivity index (χ4v) is 4.22. The van der Waals surface area contributed by atoms with Crippen LogP contribution in [0, 0.1) is 6.92 Å². The van der Waals surface area contributed by atoms with Gasteiger partial charge in [0.05, 0.1) is 23.7 Å². The van der Waals surface area contributed by atoms with Crippen LogP contribution in [0.5, 0.6) is 5.75 Å². The van der Waals surface area contributed by atoms with Crippen molar-refractivity contribution in [1.82, 2.24) is 9.97 Å². The van der Waals surface area contributed by atoms with Gasteiger partial charge in [0.15, 0.2) is 11.6 Å². The minimum absolute atomic E-state index is 0.0562. The summed E-state index contributed by atoms with van der Waals surface area (Å²) < 4.78 is 5.37. The number of rotatable bonds is 7. The number of nitrogens with two attached hydrogens (primary N) is 1. The zero-order valence-corrected chi connectivity index (χ0v) is 24.6. The number of hydrogen-bond acceptors (Lipinski definition) is 8. The summed E-state index contributed by atoms with van der Waals surface area (Å²) in [5.41, 5.74) is 11.1. The molecule has 218 valence electrons. The van der Waals surface area contributed by atoms with Crippen LogP contribution in [-0.2, 0) is 11.2 Å². The van der Waals surface area contributed by atoms with E-state index in [0.29, 0.717) is 11.6 Å². The Labute approximate surface area is 242 Å². The average Bonchev–Trinajstić information content (AvgIpc) is 2.96. The van der Waals surface area contributed by atoms with Gasteiger partial charge >= 0.3 is 0 Å². The van der Waals surface area contributed by atoms with Gasteiger partial charge in [0.1, 0.15) is 5.75 Å². The minimum Gasteiger partial charge on any atom is -0.497 e. The smallest absolute Gasteiger partial charge is 0.244 e. The van der Waals surface area contributed by atoms with Crippen LogP contribution in [0.2, 0.25) is 0 Å². The number of nitrogens with zero attached hydrogens (tertiary/aromatic N) is 2. The predicted octanol–water partition coefficient (Wildman–Crippen LogP) is 5.80. The topological polar surface area (TPSA) is 134 Å². The van der Waals surface area contributed by atoms with Crippen LogP contribution in [0.4, 0.5) is 23.0 Å². The van der Waals surface area contributed by atoms with Crippen LogP contribution in [-0.4, -0.2) is 47.3 Å². The molecule has 1 aromatic heterocycles. The van der Waals surface area contributed by atoms with E-state index in [0.717, 1.165) is 59.4 Å². The van der Waals surface area contributed by atoms with E-state index < -0.39 is 5.54 Å². The molecule has 0 saturated heterocycles. The highest BCUT2D eigenvalue weighted by Crippen LogP contribution is 2.30. The highest BCUT2D eigenvalue weighted by molar-refractivity contribution is 5.98. The van der Waals surface area contributed by atoms with Gasteiger partial charge in [-0.1, -0.05) is 31.2 Å². The number of benzene rings is 3. The van der Waals surface area contributed by atoms with Gasteiger partial charge in [-0.25, -0.2) is 9.97 Å². The summed E-state index contributed by atoms with van der Waals surface area (Å²) in [4.78, 5) is 21.1. The molecule has 1 fully saturated rings. The van der Waals surface area contributed by atoms with Crippen molar-refractivity contribution < 1.29 is 14.6 Å². The molecule has 1 saturated carbocycles. The largest absolute Gasteiger partial charge is 0.497 e. The molecule has 0 bridgehead atoms. The van der Waals surface area contributed by atoms with Crippen molar-refractivity contribution in [3.05, 3.63) is 77.9 Å². The fraction of sp³-hybridized carbons (Fsp3) is 0.344. The number of carbonyl (C=O) groups is 1. The number of amides is 1. The normalized spacial score (nSPS) is 13.0. The van der Waals surface area contributed by atoms with Gasteiger partial charge in [-0.15, -0.1) is 0 Å². The van der Waals surface area contributed by atoms with Crippen molar-refractivity contribution in [2.45, 2.75) is 52.0 Å². The van der Waals surface area contributed by atoms with Crippen molar-refractivity contribution >= 4 is 40.0 Å². The van der Waals surface area contributed by atoms with E-state index in [1.165, 1.54) is 5.56 Å². The van der Waals surface area contributed by atoms with Crippen LogP contribution >= 0.6 is 0 Å². The van der Waals surface area contributed by atoms with E-state index in [9.17, 15) is 4.79 Å². The number of hydrogen-bond donors (Lipinski definition) is 5. The summed E-state index contributed by atoms with van der Waals surface area (Å²) in [6, 6.07) is 21.7. The fourth-order valence-electron chi connectivity index (χ4n) is 4.22. The van der Waals surface area contributed by atoms with E-state index in [-0.39, 0.29) is 12.5 Å². The number of aliphatic hydroxyl groups is 1. The lowest BCUT2D eigenvalue weighted by Gasteiger charge is -2.36. The number of fused-ring (bicyclic) bond motifs is 1. The lowest BCUT2D eigenvalue weighted by atomic mass is 9.77. The minimum atomic E-state index is -0.621. The summed E-state index contributed by atoms with van der Waals surface area (Å²) >= 11 is 0. The Morgan fingerprint density at radius 3 is 2.17 bits per heavy atom. The number of ether oxygens (including phenoxy) is 1. The maximum Gasteiger partial charge on any atom is 0.244 e. The van der Waals surface area contributed by atoms with Gasteiger partial charge in [0.2, 0.25) is 5.91 Å². The molecule has 1 heterocycles. The van der Waals surface area contributed by atoms with Crippen LogP contribution < -0.4 is 26.4 Å². The lowest BCUT2D eigenvalue weighted by Crippen LogP contribution is -2.56. The van der Waals surface area contributed by atoms with Crippen LogP contribution in [0.25, 0.3) is 11.0 Å². The third-order valence-corrected chi connectivity index (χ3v) is 6.65. The van der Waals surface area contributed by atoms with Crippen LogP contribution in [0.1, 0.15) is 44.2 Å². The maximum atomic E-state index is 11.8. The van der Waals surface area contributed by atoms with Crippen LogP contribution in [0.15, 0.2) is 66.7 Å². The van der Waals surface area contributed by atoms with Gasteiger partial charge in [-0.3, -0.25) is 4.79 Å². The van der Waals surface area contributed by atoms with E-state index >= 15 is 0 Å². The zero-order chi connectivity index (χ0) is 29.8. The molecule has 0 atom stereocenters. The summed E-state index contributed by atoms with van der Waals surface area (Å²) in [5, 5.41) is 16.9. The number of aryl methyl sites for hydroxylation is 2. The van der Waals surface area contributed by atoms with Crippen molar-refractivity contribution in [3.8, 4) is 5.75 Å². The molecular formula is C32H42N6O3. The number of nitrogens with one attached hydrogen (secondary N) is 3. The third kappa shape index (κ3) is 8.64. The summed E-state index contributed by atoms with van der Waals surface area (Å²) in [6.07, 6.45) is 3.58. The van der Waals surface area contributed by atoms with Gasteiger partial charge < -0.3 is 31.5 Å². The molecule has 6 N–H and O–H groups in total. The first kappa shape index (κ1) is 31.3.